The number of urea groups is 1. The van der Waals surface area contributed by atoms with Crippen LogP contribution in [0.5, 0.6) is 5.75 Å². The zero-order valence-electron chi connectivity index (χ0n) is 22.7. The molecular weight excluding hydrogens is 574 g/mol. The fraction of sp³-hybridized carbons (Fsp3) is 0.200. The van der Waals surface area contributed by atoms with Crippen molar-refractivity contribution in [3.05, 3.63) is 94.5 Å². The molecule has 216 valence electrons. The van der Waals surface area contributed by atoms with E-state index in [2.05, 4.69) is 36.3 Å². The molecule has 5 rings (SSSR count). The quantitative estimate of drug-likeness (QED) is 0.156. The largest absolute Gasteiger partial charge is 0.507 e. The van der Waals surface area contributed by atoms with Crippen molar-refractivity contribution in [2.45, 2.75) is 6.54 Å². The Morgan fingerprint density at radius 2 is 1.69 bits per heavy atom. The average Bonchev–Trinajstić information content (AvgIpc) is 3.44. The third kappa shape index (κ3) is 8.37. The van der Waals surface area contributed by atoms with Crippen LogP contribution < -0.4 is 16.1 Å². The molecule has 1 fully saturated rings. The lowest BCUT2D eigenvalue weighted by Gasteiger charge is -2.33. The van der Waals surface area contributed by atoms with Gasteiger partial charge in [0.15, 0.2) is 0 Å². The molecule has 1 aromatic heterocycles. The van der Waals surface area contributed by atoms with E-state index in [1.54, 1.807) is 59.9 Å². The first-order chi connectivity index (χ1) is 20.4. The summed E-state index contributed by atoms with van der Waals surface area (Å²) in [6, 6.07) is 21.0. The van der Waals surface area contributed by atoms with Gasteiger partial charge in [0.2, 0.25) is 0 Å². The van der Waals surface area contributed by atoms with Gasteiger partial charge < -0.3 is 15.7 Å². The Hall–Kier alpha value is -4.29. The smallest absolute Gasteiger partial charge is 0.323 e. The summed E-state index contributed by atoms with van der Waals surface area (Å²) in [7, 11) is 0. The monoisotopic (exact) mass is 603 g/mol. The fourth-order valence-corrected chi connectivity index (χ4v) is 5.42. The van der Waals surface area contributed by atoms with Gasteiger partial charge in [0.25, 0.3) is 5.91 Å². The molecule has 0 spiro atoms. The van der Waals surface area contributed by atoms with Crippen molar-refractivity contribution >= 4 is 52.5 Å². The van der Waals surface area contributed by atoms with Gasteiger partial charge in [-0.1, -0.05) is 29.8 Å². The van der Waals surface area contributed by atoms with Gasteiger partial charge in [-0.05, 0) is 54.6 Å². The Bertz CT molecular complexity index is 1550. The summed E-state index contributed by atoms with van der Waals surface area (Å²) in [5, 5.41) is 22.8. The third-order valence-electron chi connectivity index (χ3n) is 6.57. The van der Waals surface area contributed by atoms with Crippen molar-refractivity contribution in [1.82, 2.24) is 20.2 Å². The van der Waals surface area contributed by atoms with Crippen molar-refractivity contribution in [2.24, 2.45) is 5.10 Å². The SMILES string of the molecule is O=C(CN1CCN(Cc2csc(-c3ccc(NC(=O)Nc4cccc(Cl)c4)cc3)n2)CC1)N/N=C/c1ccccc1O. The lowest BCUT2D eigenvalue weighted by molar-refractivity contribution is -0.122. The molecule has 3 amide bonds. The molecule has 4 N–H and O–H groups in total. The number of carbonyl (C=O) groups is 2. The number of piperazine rings is 1. The van der Waals surface area contributed by atoms with E-state index in [4.69, 9.17) is 16.6 Å². The molecule has 1 saturated heterocycles. The highest BCUT2D eigenvalue weighted by Crippen LogP contribution is 2.26. The van der Waals surface area contributed by atoms with Gasteiger partial charge in [-0.15, -0.1) is 11.3 Å². The van der Waals surface area contributed by atoms with Crippen LogP contribution >= 0.6 is 22.9 Å². The Labute approximate surface area is 252 Å². The summed E-state index contributed by atoms with van der Waals surface area (Å²) in [6.07, 6.45) is 1.43. The standard InChI is InChI=1S/C30H30ClN7O3S/c31-23-5-3-6-25(16-23)35-30(41)34-24-10-8-21(9-11-24)29-33-26(20-42-29)18-37-12-14-38(15-13-37)19-28(40)36-32-17-22-4-1-2-7-27(22)39/h1-11,16-17,20,39H,12-15,18-19H2,(H,36,40)(H2,34,35,41)/b32-17+. The summed E-state index contributed by atoms with van der Waals surface area (Å²) in [4.78, 5) is 33.8. The van der Waals surface area contributed by atoms with E-state index in [1.165, 1.54) is 6.21 Å². The van der Waals surface area contributed by atoms with E-state index in [9.17, 15) is 14.7 Å². The highest BCUT2D eigenvalue weighted by molar-refractivity contribution is 7.13. The van der Waals surface area contributed by atoms with Crippen LogP contribution in [0.3, 0.4) is 0 Å². The van der Waals surface area contributed by atoms with Gasteiger partial charge >= 0.3 is 6.03 Å². The number of phenols is 1. The van der Waals surface area contributed by atoms with E-state index >= 15 is 0 Å². The number of hydrazone groups is 1. The van der Waals surface area contributed by atoms with Gasteiger partial charge in [0, 0.05) is 65.6 Å². The second-order valence-corrected chi connectivity index (χ2v) is 11.0. The highest BCUT2D eigenvalue weighted by Gasteiger charge is 2.20. The zero-order chi connectivity index (χ0) is 29.3. The first kappa shape index (κ1) is 29.2. The summed E-state index contributed by atoms with van der Waals surface area (Å²) < 4.78 is 0. The molecule has 1 aliphatic rings. The highest BCUT2D eigenvalue weighted by atomic mass is 35.5. The molecule has 12 heteroatoms. The Morgan fingerprint density at radius 1 is 0.952 bits per heavy atom. The van der Waals surface area contributed by atoms with Crippen LogP contribution in [0.25, 0.3) is 10.6 Å². The van der Waals surface area contributed by atoms with Crippen LogP contribution in [0.1, 0.15) is 11.3 Å². The maximum Gasteiger partial charge on any atom is 0.323 e. The van der Waals surface area contributed by atoms with Crippen LogP contribution in [0.4, 0.5) is 16.2 Å². The molecule has 1 aliphatic heterocycles. The molecular formula is C30H30ClN7O3S. The topological polar surface area (TPSA) is 122 Å². The number of nitrogens with zero attached hydrogens (tertiary/aromatic N) is 4. The normalized spacial score (nSPS) is 14.1. The van der Waals surface area contributed by atoms with Gasteiger partial charge in [-0.25, -0.2) is 15.2 Å². The van der Waals surface area contributed by atoms with Crippen LogP contribution in [0, 0.1) is 0 Å². The summed E-state index contributed by atoms with van der Waals surface area (Å²) in [6.45, 7) is 4.21. The fourth-order valence-electron chi connectivity index (χ4n) is 4.41. The van der Waals surface area contributed by atoms with Crippen LogP contribution in [-0.2, 0) is 11.3 Å². The number of aromatic nitrogens is 1. The van der Waals surface area contributed by atoms with E-state index in [-0.39, 0.29) is 24.2 Å². The van der Waals surface area contributed by atoms with Crippen molar-refractivity contribution in [3.63, 3.8) is 0 Å². The number of aromatic hydroxyl groups is 1. The minimum absolute atomic E-state index is 0.112. The number of para-hydroxylation sites is 1. The van der Waals surface area contributed by atoms with E-state index < -0.39 is 0 Å². The van der Waals surface area contributed by atoms with Gasteiger partial charge in [-0.3, -0.25) is 14.6 Å². The summed E-state index contributed by atoms with van der Waals surface area (Å²) in [5.74, 6) is -0.0800. The molecule has 0 saturated carbocycles. The number of anilines is 2. The zero-order valence-corrected chi connectivity index (χ0v) is 24.2. The summed E-state index contributed by atoms with van der Waals surface area (Å²) >= 11 is 7.56. The number of benzene rings is 3. The first-order valence-corrected chi connectivity index (χ1v) is 14.6. The second kappa shape index (κ2) is 14.1. The number of hydrogen-bond acceptors (Lipinski definition) is 8. The predicted molar refractivity (Wildman–Crippen MR) is 167 cm³/mol. The molecule has 0 atom stereocenters. The van der Waals surface area contributed by atoms with Crippen LogP contribution in [0.2, 0.25) is 5.02 Å². The Morgan fingerprint density at radius 3 is 2.45 bits per heavy atom. The average molecular weight is 604 g/mol. The first-order valence-electron chi connectivity index (χ1n) is 13.3. The maximum atomic E-state index is 12.3. The van der Waals surface area contributed by atoms with Crippen molar-refractivity contribution in [2.75, 3.05) is 43.4 Å². The molecule has 0 aliphatic carbocycles. The maximum absolute atomic E-state index is 12.3. The number of halogens is 1. The van der Waals surface area contributed by atoms with E-state index in [0.29, 0.717) is 22.0 Å². The van der Waals surface area contributed by atoms with Crippen molar-refractivity contribution in [1.29, 1.82) is 0 Å². The molecule has 10 nitrogen and oxygen atoms in total. The molecule has 42 heavy (non-hydrogen) atoms. The van der Waals surface area contributed by atoms with E-state index in [1.807, 2.05) is 24.3 Å². The minimum Gasteiger partial charge on any atom is -0.507 e. The van der Waals surface area contributed by atoms with Crippen LogP contribution in [0.15, 0.2) is 83.3 Å². The Kier molecular flexibility index (Phi) is 9.78. The number of amides is 3. The van der Waals surface area contributed by atoms with Crippen LogP contribution in [-0.4, -0.2) is 70.8 Å². The number of phenolic OH excluding ortho intramolecular Hbond substituents is 1. The molecule has 0 bridgehead atoms. The lowest BCUT2D eigenvalue weighted by Crippen LogP contribution is -2.48. The number of nitrogens with one attached hydrogen (secondary N) is 3. The van der Waals surface area contributed by atoms with Crippen molar-refractivity contribution < 1.29 is 14.7 Å². The van der Waals surface area contributed by atoms with Gasteiger partial charge in [0.05, 0.1) is 18.5 Å². The number of hydrogen-bond donors (Lipinski definition) is 4. The summed E-state index contributed by atoms with van der Waals surface area (Å²) in [5.41, 5.74) is 6.34. The minimum atomic E-state index is -0.347. The lowest BCUT2D eigenvalue weighted by atomic mass is 10.2. The number of rotatable bonds is 9. The second-order valence-electron chi connectivity index (χ2n) is 9.72. The predicted octanol–water partition coefficient (Wildman–Crippen LogP) is 5.08. The molecule has 0 radical (unpaired) electrons. The molecule has 0 unspecified atom stereocenters. The molecule has 4 aromatic rings. The molecule has 2 heterocycles. The molecule has 3 aromatic carbocycles. The number of thiazole rings is 1. The van der Waals surface area contributed by atoms with Crippen molar-refractivity contribution in [3.8, 4) is 16.3 Å². The van der Waals surface area contributed by atoms with E-state index in [0.717, 1.165) is 49.0 Å². The van der Waals surface area contributed by atoms with Gasteiger partial charge in [-0.2, -0.15) is 5.10 Å². The number of carbonyl (C=O) groups excluding carboxylic acids is 2. The van der Waals surface area contributed by atoms with Gasteiger partial charge in [0.1, 0.15) is 10.8 Å². The third-order valence-corrected chi connectivity index (χ3v) is 7.75. The Balaban J connectivity index is 1.04.